The molecule has 5 nitrogen and oxygen atoms in total. The first-order valence-corrected chi connectivity index (χ1v) is 10.9. The summed E-state index contributed by atoms with van der Waals surface area (Å²) in [6.07, 6.45) is 6.63. The summed E-state index contributed by atoms with van der Waals surface area (Å²) in [7, 11) is 2.23. The van der Waals surface area contributed by atoms with E-state index in [9.17, 15) is 0 Å². The van der Waals surface area contributed by atoms with Crippen molar-refractivity contribution in [1.82, 2.24) is 20.0 Å². The second-order valence-corrected chi connectivity index (χ2v) is 9.06. The number of aromatic nitrogens is 2. The van der Waals surface area contributed by atoms with Gasteiger partial charge in [0.25, 0.3) is 0 Å². The molecule has 3 atom stereocenters. The fourth-order valence-corrected chi connectivity index (χ4v) is 4.71. The fraction of sp³-hybridized carbons (Fsp3) is 0.818. The number of rotatable bonds is 7. The van der Waals surface area contributed by atoms with Crippen LogP contribution in [0, 0.1) is 23.7 Å². The number of hydrogen-bond acceptors (Lipinski definition) is 5. The van der Waals surface area contributed by atoms with Gasteiger partial charge in [0.1, 0.15) is 0 Å². The van der Waals surface area contributed by atoms with Crippen molar-refractivity contribution in [3.05, 3.63) is 23.4 Å². The Morgan fingerprint density at radius 1 is 1.15 bits per heavy atom. The topological polar surface area (TPSA) is 45.4 Å². The number of aryl methyl sites for hydroxylation is 1. The van der Waals surface area contributed by atoms with Crippen molar-refractivity contribution in [3.63, 3.8) is 0 Å². The average Bonchev–Trinajstić information content (AvgIpc) is 3.06. The van der Waals surface area contributed by atoms with Gasteiger partial charge in [-0.3, -0.25) is 0 Å². The van der Waals surface area contributed by atoms with E-state index in [-0.39, 0.29) is 0 Å². The smallest absolute Gasteiger partial charge is 0.217 e. The third-order valence-corrected chi connectivity index (χ3v) is 6.54. The summed E-state index contributed by atoms with van der Waals surface area (Å²) >= 11 is 0. The molecule has 0 N–H and O–H groups in total. The maximum Gasteiger partial charge on any atom is 0.217 e. The molecule has 1 aliphatic carbocycles. The number of allylic oxidation sites excluding steroid dienone is 1. The van der Waals surface area contributed by atoms with Gasteiger partial charge in [0.2, 0.25) is 11.8 Å². The van der Waals surface area contributed by atoms with Gasteiger partial charge < -0.3 is 14.2 Å². The molecule has 3 unspecified atom stereocenters. The maximum absolute atomic E-state index is 5.87. The molecular formula is C22H38N4O. The maximum atomic E-state index is 5.87. The molecule has 0 bridgehead atoms. The van der Waals surface area contributed by atoms with E-state index in [4.69, 9.17) is 4.42 Å². The van der Waals surface area contributed by atoms with Crippen LogP contribution in [0.3, 0.4) is 0 Å². The van der Waals surface area contributed by atoms with Crippen LogP contribution >= 0.6 is 0 Å². The first-order chi connectivity index (χ1) is 13.0. The first kappa shape index (κ1) is 20.5. The van der Waals surface area contributed by atoms with E-state index < -0.39 is 0 Å². The van der Waals surface area contributed by atoms with Crippen LogP contribution in [0.4, 0.5) is 0 Å². The van der Waals surface area contributed by atoms with E-state index in [1.165, 1.54) is 44.7 Å². The molecular weight excluding hydrogens is 336 g/mol. The van der Waals surface area contributed by atoms with Crippen LogP contribution in [0.25, 0.3) is 0 Å². The minimum absolute atomic E-state index is 0.538. The number of piperazine rings is 1. The van der Waals surface area contributed by atoms with Gasteiger partial charge in [0.15, 0.2) is 0 Å². The third kappa shape index (κ3) is 5.41. The highest BCUT2D eigenvalue weighted by molar-refractivity contribution is 5.14. The molecule has 1 aliphatic heterocycles. The highest BCUT2D eigenvalue weighted by Crippen LogP contribution is 2.39. The lowest BCUT2D eigenvalue weighted by Gasteiger charge is -2.41. The Labute approximate surface area is 165 Å². The molecule has 1 saturated heterocycles. The van der Waals surface area contributed by atoms with E-state index in [2.05, 4.69) is 60.8 Å². The third-order valence-electron chi connectivity index (χ3n) is 6.54. The summed E-state index contributed by atoms with van der Waals surface area (Å²) in [4.78, 5) is 5.10. The Hall–Kier alpha value is -1.20. The van der Waals surface area contributed by atoms with Gasteiger partial charge >= 0.3 is 0 Å². The van der Waals surface area contributed by atoms with E-state index in [1.54, 1.807) is 0 Å². The lowest BCUT2D eigenvalue weighted by molar-refractivity contribution is 0.112. The summed E-state index contributed by atoms with van der Waals surface area (Å²) in [5, 5.41) is 8.50. The molecule has 1 aromatic rings. The largest absolute Gasteiger partial charge is 0.425 e. The molecule has 27 heavy (non-hydrogen) atoms. The number of hydrogen-bond donors (Lipinski definition) is 0. The molecule has 0 aromatic carbocycles. The van der Waals surface area contributed by atoms with Crippen LogP contribution in [-0.2, 0) is 12.8 Å². The van der Waals surface area contributed by atoms with Crippen molar-refractivity contribution < 1.29 is 4.42 Å². The summed E-state index contributed by atoms with van der Waals surface area (Å²) in [5.41, 5.74) is 1.52. The second-order valence-electron chi connectivity index (χ2n) is 9.06. The molecule has 2 heterocycles. The van der Waals surface area contributed by atoms with Gasteiger partial charge in [-0.15, -0.1) is 10.2 Å². The molecule has 3 rings (SSSR count). The summed E-state index contributed by atoms with van der Waals surface area (Å²) < 4.78 is 5.87. The molecule has 0 radical (unpaired) electrons. The Morgan fingerprint density at radius 2 is 1.85 bits per heavy atom. The van der Waals surface area contributed by atoms with Crippen molar-refractivity contribution in [2.24, 2.45) is 23.7 Å². The molecule has 5 heteroatoms. The predicted octanol–water partition coefficient (Wildman–Crippen LogP) is 3.67. The van der Waals surface area contributed by atoms with Crippen molar-refractivity contribution in [3.8, 4) is 0 Å². The van der Waals surface area contributed by atoms with Gasteiger partial charge in [-0.25, -0.2) is 0 Å². The van der Waals surface area contributed by atoms with Gasteiger partial charge in [-0.1, -0.05) is 32.4 Å². The van der Waals surface area contributed by atoms with Crippen LogP contribution in [0.2, 0.25) is 0 Å². The van der Waals surface area contributed by atoms with Crippen molar-refractivity contribution >= 4 is 0 Å². The van der Waals surface area contributed by atoms with E-state index in [0.717, 1.165) is 37.0 Å². The Kier molecular flexibility index (Phi) is 7.10. The van der Waals surface area contributed by atoms with Crippen molar-refractivity contribution in [2.75, 3.05) is 39.8 Å². The molecule has 0 spiro atoms. The standard InChI is InChI=1S/C22H38N4O/c1-6-7-21-23-24-22(27-21)14-18-13-20(16(2)3)19(12-17(18)4)15-26-10-8-25(5)9-11-26/h12,16,18-20H,6-11,13-15H2,1-5H3. The van der Waals surface area contributed by atoms with E-state index in [1.807, 2.05) is 0 Å². The predicted molar refractivity (Wildman–Crippen MR) is 110 cm³/mol. The summed E-state index contributed by atoms with van der Waals surface area (Å²) in [6, 6.07) is 0. The quantitative estimate of drug-likeness (QED) is 0.682. The minimum atomic E-state index is 0.538. The Balaban J connectivity index is 1.65. The average molecular weight is 375 g/mol. The molecule has 0 saturated carbocycles. The van der Waals surface area contributed by atoms with Crippen LogP contribution in [0.1, 0.15) is 52.3 Å². The highest BCUT2D eigenvalue weighted by Gasteiger charge is 2.33. The molecule has 2 aliphatic rings. The van der Waals surface area contributed by atoms with Crippen molar-refractivity contribution in [2.45, 2.75) is 53.4 Å². The molecule has 152 valence electrons. The van der Waals surface area contributed by atoms with Gasteiger partial charge in [0.05, 0.1) is 0 Å². The van der Waals surface area contributed by atoms with Crippen LogP contribution in [0.5, 0.6) is 0 Å². The number of likely N-dealkylation sites (N-methyl/N-ethyl adjacent to an activating group) is 1. The SMILES string of the molecule is CCCc1nnc(CC2CC(C(C)C)C(CN3CCN(C)CC3)C=C2C)o1. The Bertz CT molecular complexity index is 616. The van der Waals surface area contributed by atoms with Crippen LogP contribution < -0.4 is 0 Å². The lowest BCUT2D eigenvalue weighted by Crippen LogP contribution is -2.47. The van der Waals surface area contributed by atoms with Gasteiger partial charge in [-0.05, 0) is 50.5 Å². The van der Waals surface area contributed by atoms with Crippen LogP contribution in [0.15, 0.2) is 16.1 Å². The normalized spacial score (nSPS) is 27.9. The zero-order valence-corrected chi connectivity index (χ0v) is 17.9. The zero-order chi connectivity index (χ0) is 19.4. The zero-order valence-electron chi connectivity index (χ0n) is 17.9. The molecule has 0 amide bonds. The van der Waals surface area contributed by atoms with E-state index in [0.29, 0.717) is 17.8 Å². The Morgan fingerprint density at radius 3 is 2.52 bits per heavy atom. The van der Waals surface area contributed by atoms with E-state index >= 15 is 0 Å². The van der Waals surface area contributed by atoms with Gasteiger partial charge in [0, 0.05) is 45.6 Å². The number of nitrogens with zero attached hydrogens (tertiary/aromatic N) is 4. The lowest BCUT2D eigenvalue weighted by atomic mass is 9.69. The molecule has 1 fully saturated rings. The molecule has 1 aromatic heterocycles. The highest BCUT2D eigenvalue weighted by atomic mass is 16.4. The first-order valence-electron chi connectivity index (χ1n) is 10.9. The summed E-state index contributed by atoms with van der Waals surface area (Å²) in [5.74, 6) is 4.25. The fourth-order valence-electron chi connectivity index (χ4n) is 4.71. The van der Waals surface area contributed by atoms with Crippen LogP contribution in [-0.4, -0.2) is 59.8 Å². The summed E-state index contributed by atoms with van der Waals surface area (Å²) in [6.45, 7) is 15.2. The monoisotopic (exact) mass is 374 g/mol. The second kappa shape index (κ2) is 9.33. The minimum Gasteiger partial charge on any atom is -0.425 e. The van der Waals surface area contributed by atoms with Crippen molar-refractivity contribution in [1.29, 1.82) is 0 Å². The van der Waals surface area contributed by atoms with Gasteiger partial charge in [-0.2, -0.15) is 0 Å².